The summed E-state index contributed by atoms with van der Waals surface area (Å²) in [5.74, 6) is 0.271. The highest BCUT2D eigenvalue weighted by Gasteiger charge is 2.30. The lowest BCUT2D eigenvalue weighted by atomic mass is 9.89. The van der Waals surface area contributed by atoms with Gasteiger partial charge >= 0.3 is 5.69 Å². The van der Waals surface area contributed by atoms with Crippen molar-refractivity contribution in [3.05, 3.63) is 28.3 Å². The van der Waals surface area contributed by atoms with E-state index in [1.807, 2.05) is 0 Å². The number of nitrogens with zero attached hydrogens (tertiary/aromatic N) is 1. The van der Waals surface area contributed by atoms with Crippen molar-refractivity contribution >= 4 is 11.4 Å². The largest absolute Gasteiger partial charge is 0.487 e. The summed E-state index contributed by atoms with van der Waals surface area (Å²) >= 11 is 0. The first-order chi connectivity index (χ1) is 8.61. The average molecular weight is 252 g/mol. The Hall–Kier alpha value is -1.82. The van der Waals surface area contributed by atoms with E-state index in [2.05, 4.69) is 5.32 Å². The van der Waals surface area contributed by atoms with Crippen LogP contribution in [0.25, 0.3) is 0 Å². The van der Waals surface area contributed by atoms with Gasteiger partial charge in [-0.25, -0.2) is 0 Å². The molecule has 0 amide bonds. The predicted molar refractivity (Wildman–Crippen MR) is 66.9 cm³/mol. The van der Waals surface area contributed by atoms with Gasteiger partial charge < -0.3 is 15.2 Å². The van der Waals surface area contributed by atoms with Crippen molar-refractivity contribution in [1.82, 2.24) is 0 Å². The molecule has 98 valence electrons. The van der Waals surface area contributed by atoms with Gasteiger partial charge in [-0.2, -0.15) is 0 Å². The zero-order valence-corrected chi connectivity index (χ0v) is 10.1. The third kappa shape index (κ3) is 2.53. The highest BCUT2D eigenvalue weighted by Crippen LogP contribution is 2.36. The molecule has 1 saturated carbocycles. The monoisotopic (exact) mass is 252 g/mol. The van der Waals surface area contributed by atoms with Crippen LogP contribution < -0.4 is 10.1 Å². The summed E-state index contributed by atoms with van der Waals surface area (Å²) < 4.78 is 5.26. The van der Waals surface area contributed by atoms with Gasteiger partial charge in [-0.3, -0.25) is 10.1 Å². The van der Waals surface area contributed by atoms with Crippen molar-refractivity contribution in [3.8, 4) is 5.75 Å². The molecule has 1 aromatic rings. The van der Waals surface area contributed by atoms with Crippen molar-refractivity contribution in [1.29, 1.82) is 0 Å². The first kappa shape index (κ1) is 12.6. The van der Waals surface area contributed by atoms with Gasteiger partial charge in [-0.1, -0.05) is 6.07 Å². The molecule has 18 heavy (non-hydrogen) atoms. The Balaban J connectivity index is 2.22. The second-order valence-corrected chi connectivity index (χ2v) is 4.31. The van der Waals surface area contributed by atoms with E-state index in [0.717, 1.165) is 0 Å². The van der Waals surface area contributed by atoms with Gasteiger partial charge in [0.15, 0.2) is 5.75 Å². The summed E-state index contributed by atoms with van der Waals surface area (Å²) in [6, 6.07) is 5.05. The molecule has 2 N–H and O–H groups in total. The molecule has 2 rings (SSSR count). The molecule has 1 aromatic carbocycles. The van der Waals surface area contributed by atoms with E-state index in [1.165, 1.54) is 0 Å². The van der Waals surface area contributed by atoms with E-state index in [1.54, 1.807) is 25.1 Å². The van der Waals surface area contributed by atoms with Crippen molar-refractivity contribution in [2.75, 3.05) is 11.9 Å². The summed E-state index contributed by atoms with van der Waals surface area (Å²) in [5, 5.41) is 23.4. The average Bonchev–Trinajstić information content (AvgIpc) is 2.27. The fourth-order valence-corrected chi connectivity index (χ4v) is 2.02. The molecule has 0 aliphatic heterocycles. The number of anilines is 1. The number of para-hydroxylation sites is 1. The summed E-state index contributed by atoms with van der Waals surface area (Å²) in [6.07, 6.45) is 0.947. The van der Waals surface area contributed by atoms with Crippen LogP contribution in [0.3, 0.4) is 0 Å². The zero-order chi connectivity index (χ0) is 13.1. The van der Waals surface area contributed by atoms with Crippen molar-refractivity contribution < 1.29 is 14.8 Å². The SMILES string of the molecule is CCOc1cccc(NC2CC(O)C2)c1[N+](=O)[O-]. The third-order valence-electron chi connectivity index (χ3n) is 2.95. The Morgan fingerprint density at radius 1 is 1.56 bits per heavy atom. The van der Waals surface area contributed by atoms with E-state index in [9.17, 15) is 15.2 Å². The number of aliphatic hydroxyl groups is 1. The molecule has 0 spiro atoms. The first-order valence-electron chi connectivity index (χ1n) is 5.96. The Morgan fingerprint density at radius 3 is 2.83 bits per heavy atom. The number of hydrogen-bond acceptors (Lipinski definition) is 5. The number of rotatable bonds is 5. The molecular weight excluding hydrogens is 236 g/mol. The molecular formula is C12H16N2O4. The summed E-state index contributed by atoms with van der Waals surface area (Å²) in [4.78, 5) is 10.7. The van der Waals surface area contributed by atoms with Crippen LogP contribution >= 0.6 is 0 Å². The standard InChI is InChI=1S/C12H16N2O4/c1-2-18-11-5-3-4-10(12(11)14(16)17)13-8-6-9(15)7-8/h3-5,8-9,13,15H,2,6-7H2,1H3. The number of ether oxygens (including phenoxy) is 1. The number of nitro groups is 1. The van der Waals surface area contributed by atoms with Gasteiger partial charge in [0.25, 0.3) is 0 Å². The maximum atomic E-state index is 11.1. The van der Waals surface area contributed by atoms with Crippen LogP contribution in [0.1, 0.15) is 19.8 Å². The minimum Gasteiger partial charge on any atom is -0.487 e. The third-order valence-corrected chi connectivity index (χ3v) is 2.95. The highest BCUT2D eigenvalue weighted by atomic mass is 16.6. The maximum Gasteiger partial charge on any atom is 0.333 e. The van der Waals surface area contributed by atoms with Gasteiger partial charge in [0.2, 0.25) is 0 Å². The molecule has 1 aliphatic carbocycles. The maximum absolute atomic E-state index is 11.1. The molecule has 0 heterocycles. The van der Waals surface area contributed by atoms with Crippen LogP contribution in [-0.2, 0) is 0 Å². The number of nitro benzene ring substituents is 1. The minimum atomic E-state index is -0.442. The fourth-order valence-electron chi connectivity index (χ4n) is 2.02. The van der Waals surface area contributed by atoms with Crippen molar-refractivity contribution in [3.63, 3.8) is 0 Å². The Kier molecular flexibility index (Phi) is 3.66. The molecule has 6 heteroatoms. The normalized spacial score (nSPS) is 22.1. The number of nitrogens with one attached hydrogen (secondary N) is 1. The lowest BCUT2D eigenvalue weighted by Gasteiger charge is -2.32. The van der Waals surface area contributed by atoms with Crippen LogP contribution in [0.4, 0.5) is 11.4 Å². The molecule has 6 nitrogen and oxygen atoms in total. The Morgan fingerprint density at radius 2 is 2.28 bits per heavy atom. The van der Waals surface area contributed by atoms with Gasteiger partial charge in [0.05, 0.1) is 17.6 Å². The van der Waals surface area contributed by atoms with Crippen LogP contribution in [0.2, 0.25) is 0 Å². The van der Waals surface area contributed by atoms with Crippen molar-refractivity contribution in [2.24, 2.45) is 0 Å². The number of benzene rings is 1. The van der Waals surface area contributed by atoms with E-state index >= 15 is 0 Å². The van der Waals surface area contributed by atoms with E-state index in [-0.39, 0.29) is 23.6 Å². The van der Waals surface area contributed by atoms with Crippen LogP contribution in [0.5, 0.6) is 5.75 Å². The molecule has 0 unspecified atom stereocenters. The minimum absolute atomic E-state index is 0.0410. The van der Waals surface area contributed by atoms with Gasteiger partial charge in [0.1, 0.15) is 5.69 Å². The Bertz CT molecular complexity index is 444. The second-order valence-electron chi connectivity index (χ2n) is 4.31. The molecule has 1 aliphatic rings. The van der Waals surface area contributed by atoms with Gasteiger partial charge in [-0.15, -0.1) is 0 Å². The first-order valence-corrected chi connectivity index (χ1v) is 5.96. The zero-order valence-electron chi connectivity index (χ0n) is 10.1. The lowest BCUT2D eigenvalue weighted by Crippen LogP contribution is -2.39. The van der Waals surface area contributed by atoms with E-state index in [0.29, 0.717) is 25.1 Å². The molecule has 0 atom stereocenters. The van der Waals surface area contributed by atoms with Crippen LogP contribution in [-0.4, -0.2) is 28.8 Å². The van der Waals surface area contributed by atoms with E-state index in [4.69, 9.17) is 4.74 Å². The van der Waals surface area contributed by atoms with Gasteiger partial charge in [0, 0.05) is 6.04 Å². The smallest absolute Gasteiger partial charge is 0.333 e. The molecule has 0 saturated heterocycles. The number of aliphatic hydroxyl groups excluding tert-OH is 1. The summed E-state index contributed by atoms with van der Waals surface area (Å²) in [7, 11) is 0. The quantitative estimate of drug-likeness (QED) is 0.617. The Labute approximate surface area is 105 Å². The van der Waals surface area contributed by atoms with Gasteiger partial charge in [-0.05, 0) is 31.9 Å². The van der Waals surface area contributed by atoms with Crippen LogP contribution in [0, 0.1) is 10.1 Å². The molecule has 0 aromatic heterocycles. The predicted octanol–water partition coefficient (Wildman–Crippen LogP) is 1.93. The summed E-state index contributed by atoms with van der Waals surface area (Å²) in [5.41, 5.74) is 0.406. The highest BCUT2D eigenvalue weighted by molar-refractivity contribution is 5.68. The molecule has 0 bridgehead atoms. The van der Waals surface area contributed by atoms with Crippen molar-refractivity contribution in [2.45, 2.75) is 31.9 Å². The van der Waals surface area contributed by atoms with Crippen LogP contribution in [0.15, 0.2) is 18.2 Å². The molecule has 1 fully saturated rings. The fraction of sp³-hybridized carbons (Fsp3) is 0.500. The summed E-state index contributed by atoms with van der Waals surface area (Å²) in [6.45, 7) is 2.17. The second kappa shape index (κ2) is 5.22. The number of hydrogen-bond donors (Lipinski definition) is 2. The molecule has 0 radical (unpaired) electrons. The van der Waals surface area contributed by atoms with E-state index < -0.39 is 4.92 Å². The topological polar surface area (TPSA) is 84.6 Å². The lowest BCUT2D eigenvalue weighted by molar-refractivity contribution is -0.385.